The zero-order valence-corrected chi connectivity index (χ0v) is 20.8. The zero-order valence-electron chi connectivity index (χ0n) is 16.4. The molecule has 0 aromatic rings. The SMILES string of the molecule is CC1CCC(C(C)C)C([O-])C1.CC1CCC(C(C)C)C([O-])C1.[Ba+2]. The molecule has 2 aliphatic rings. The van der Waals surface area contributed by atoms with Crippen LogP contribution in [0.2, 0.25) is 0 Å². The van der Waals surface area contributed by atoms with Gasteiger partial charge >= 0.3 is 48.9 Å². The molecule has 2 rings (SSSR count). The maximum Gasteiger partial charge on any atom is 2.00 e. The van der Waals surface area contributed by atoms with E-state index in [1.165, 1.54) is 12.8 Å². The van der Waals surface area contributed by atoms with Gasteiger partial charge in [-0.15, -0.1) is 12.2 Å². The van der Waals surface area contributed by atoms with Crippen LogP contribution in [0.4, 0.5) is 0 Å². The quantitative estimate of drug-likeness (QED) is 0.610. The van der Waals surface area contributed by atoms with Crippen LogP contribution in [0.3, 0.4) is 0 Å². The minimum Gasteiger partial charge on any atom is -0.852 e. The van der Waals surface area contributed by atoms with E-state index >= 15 is 0 Å². The maximum absolute atomic E-state index is 11.5. The second kappa shape index (κ2) is 12.0. The standard InChI is InChI=1S/2C10H19O.Ba/c2*1-7(2)9-5-4-8(3)6-10(9)11;/h2*7-10H,4-6H2,1-3H3;/q2*-1;+2. The first-order valence-corrected chi connectivity index (χ1v) is 9.53. The van der Waals surface area contributed by atoms with E-state index in [2.05, 4.69) is 41.5 Å². The predicted octanol–water partition coefficient (Wildman–Crippen LogP) is 3.23. The van der Waals surface area contributed by atoms with Gasteiger partial charge in [-0.2, -0.15) is 0 Å². The molecular weight excluding hydrogens is 410 g/mol. The van der Waals surface area contributed by atoms with Crippen LogP contribution >= 0.6 is 0 Å². The molecule has 0 aliphatic heterocycles. The van der Waals surface area contributed by atoms with Crippen molar-refractivity contribution in [1.29, 1.82) is 0 Å². The fraction of sp³-hybridized carbons (Fsp3) is 1.00. The Balaban J connectivity index is 0.000000403. The molecule has 0 saturated heterocycles. The van der Waals surface area contributed by atoms with Gasteiger partial charge in [0.2, 0.25) is 0 Å². The molecular formula is C20H38BaO2. The first-order valence-electron chi connectivity index (χ1n) is 9.53. The molecule has 0 aromatic heterocycles. The van der Waals surface area contributed by atoms with Crippen molar-refractivity contribution >= 4 is 48.9 Å². The molecule has 6 unspecified atom stereocenters. The molecule has 3 heteroatoms. The predicted molar refractivity (Wildman–Crippen MR) is 96.0 cm³/mol. The summed E-state index contributed by atoms with van der Waals surface area (Å²) < 4.78 is 0. The van der Waals surface area contributed by atoms with E-state index < -0.39 is 0 Å². The van der Waals surface area contributed by atoms with Gasteiger partial charge in [-0.05, 0) is 23.7 Å². The van der Waals surface area contributed by atoms with E-state index in [-0.39, 0.29) is 61.1 Å². The molecule has 23 heavy (non-hydrogen) atoms. The first-order chi connectivity index (χ1) is 10.2. The molecule has 0 bridgehead atoms. The first kappa shape index (κ1) is 24.5. The monoisotopic (exact) mass is 448 g/mol. The van der Waals surface area contributed by atoms with Crippen molar-refractivity contribution in [2.45, 2.75) is 92.3 Å². The normalized spacial score (nSPS) is 37.8. The third-order valence-corrected chi connectivity index (χ3v) is 5.92. The zero-order chi connectivity index (χ0) is 16.9. The minimum absolute atomic E-state index is 0. The van der Waals surface area contributed by atoms with Crippen molar-refractivity contribution in [2.75, 3.05) is 0 Å². The summed E-state index contributed by atoms with van der Waals surface area (Å²) in [7, 11) is 0. The minimum atomic E-state index is -0.279. The molecule has 0 heterocycles. The number of hydrogen-bond donors (Lipinski definition) is 0. The Hall–Kier alpha value is 1.49. The van der Waals surface area contributed by atoms with E-state index in [1.807, 2.05) is 0 Å². The average Bonchev–Trinajstić information content (AvgIpc) is 2.38. The molecule has 0 amide bonds. The summed E-state index contributed by atoms with van der Waals surface area (Å²) in [6, 6.07) is 0. The van der Waals surface area contributed by atoms with Crippen molar-refractivity contribution in [3.8, 4) is 0 Å². The molecule has 0 N–H and O–H groups in total. The van der Waals surface area contributed by atoms with E-state index in [0.29, 0.717) is 35.5 Å². The van der Waals surface area contributed by atoms with Crippen LogP contribution in [0.25, 0.3) is 0 Å². The van der Waals surface area contributed by atoms with Gasteiger partial charge in [0.1, 0.15) is 0 Å². The molecule has 2 nitrogen and oxygen atoms in total. The molecule has 0 radical (unpaired) electrons. The van der Waals surface area contributed by atoms with Crippen LogP contribution in [-0.4, -0.2) is 61.1 Å². The summed E-state index contributed by atoms with van der Waals surface area (Å²) in [6.45, 7) is 13.1. The van der Waals surface area contributed by atoms with Gasteiger partial charge < -0.3 is 10.2 Å². The Labute approximate surface area is 185 Å². The summed E-state index contributed by atoms with van der Waals surface area (Å²) in [6.07, 6.45) is 6.10. The number of hydrogen-bond acceptors (Lipinski definition) is 2. The van der Waals surface area contributed by atoms with Crippen LogP contribution in [0.15, 0.2) is 0 Å². The molecule has 2 saturated carbocycles. The summed E-state index contributed by atoms with van der Waals surface area (Å²) in [5.41, 5.74) is 0. The van der Waals surface area contributed by atoms with Gasteiger partial charge in [-0.3, -0.25) is 0 Å². The van der Waals surface area contributed by atoms with Crippen molar-refractivity contribution in [1.82, 2.24) is 0 Å². The Morgan fingerprint density at radius 1 is 0.652 bits per heavy atom. The second-order valence-corrected chi connectivity index (χ2v) is 8.73. The van der Waals surface area contributed by atoms with Crippen molar-refractivity contribution in [3.05, 3.63) is 0 Å². The second-order valence-electron chi connectivity index (χ2n) is 8.73. The topological polar surface area (TPSA) is 46.1 Å². The Morgan fingerprint density at radius 3 is 1.17 bits per heavy atom. The van der Waals surface area contributed by atoms with Gasteiger partial charge in [0.05, 0.1) is 0 Å². The third kappa shape index (κ3) is 8.61. The molecule has 0 spiro atoms. The van der Waals surface area contributed by atoms with Gasteiger partial charge in [-0.25, -0.2) is 0 Å². The van der Waals surface area contributed by atoms with Gasteiger partial charge in [0, 0.05) is 0 Å². The average molecular weight is 448 g/mol. The van der Waals surface area contributed by atoms with Gasteiger partial charge in [0.25, 0.3) is 0 Å². The van der Waals surface area contributed by atoms with Crippen LogP contribution in [0.1, 0.15) is 80.1 Å². The Morgan fingerprint density at radius 2 is 0.957 bits per heavy atom. The van der Waals surface area contributed by atoms with Gasteiger partial charge in [-0.1, -0.05) is 91.9 Å². The summed E-state index contributed by atoms with van der Waals surface area (Å²) >= 11 is 0. The van der Waals surface area contributed by atoms with Crippen LogP contribution in [-0.2, 0) is 0 Å². The van der Waals surface area contributed by atoms with E-state index in [9.17, 15) is 10.2 Å². The van der Waals surface area contributed by atoms with Crippen LogP contribution < -0.4 is 10.2 Å². The Kier molecular flexibility index (Phi) is 12.8. The van der Waals surface area contributed by atoms with Crippen molar-refractivity contribution in [2.24, 2.45) is 35.5 Å². The summed E-state index contributed by atoms with van der Waals surface area (Å²) in [4.78, 5) is 0. The van der Waals surface area contributed by atoms with E-state index in [0.717, 1.165) is 25.7 Å². The largest absolute Gasteiger partial charge is 2.00 e. The molecule has 0 aromatic carbocycles. The van der Waals surface area contributed by atoms with Crippen molar-refractivity contribution < 1.29 is 10.2 Å². The molecule has 2 fully saturated rings. The van der Waals surface area contributed by atoms with Crippen LogP contribution in [0, 0.1) is 35.5 Å². The molecule has 132 valence electrons. The van der Waals surface area contributed by atoms with E-state index in [4.69, 9.17) is 0 Å². The van der Waals surface area contributed by atoms with Gasteiger partial charge in [0.15, 0.2) is 0 Å². The molecule has 2 aliphatic carbocycles. The number of rotatable bonds is 2. The summed E-state index contributed by atoms with van der Waals surface area (Å²) in [5, 5.41) is 23.1. The summed E-state index contributed by atoms with van der Waals surface area (Å²) in [5.74, 6) is 3.42. The fourth-order valence-electron chi connectivity index (χ4n) is 4.23. The Bertz CT molecular complexity index is 276. The van der Waals surface area contributed by atoms with Crippen LogP contribution in [0.5, 0.6) is 0 Å². The molecule has 6 atom stereocenters. The maximum atomic E-state index is 11.5. The smallest absolute Gasteiger partial charge is 0.852 e. The van der Waals surface area contributed by atoms with E-state index in [1.54, 1.807) is 0 Å². The fourth-order valence-corrected chi connectivity index (χ4v) is 4.23. The van der Waals surface area contributed by atoms with Crippen molar-refractivity contribution in [3.63, 3.8) is 0 Å². The third-order valence-electron chi connectivity index (χ3n) is 5.92.